The first-order chi connectivity index (χ1) is 18.5. The summed E-state index contributed by atoms with van der Waals surface area (Å²) >= 11 is 0. The van der Waals surface area contributed by atoms with Crippen molar-refractivity contribution in [2.45, 2.75) is 0 Å². The Labute approximate surface area is 215 Å². The molecule has 0 bridgehead atoms. The van der Waals surface area contributed by atoms with Crippen LogP contribution in [0.5, 0.6) is 11.5 Å². The number of ether oxygens (including phenoxy) is 2. The number of imidazole rings is 2. The molecule has 2 heterocycles. The highest BCUT2D eigenvalue weighted by atomic mass is 19.1. The van der Waals surface area contributed by atoms with Gasteiger partial charge >= 0.3 is 0 Å². The highest BCUT2D eigenvalue weighted by Gasteiger charge is 2.18. The zero-order valence-electron chi connectivity index (χ0n) is 20.3. The molecular formula is C29H20F2N4O3. The maximum Gasteiger partial charge on any atom is 0.228 e. The summed E-state index contributed by atoms with van der Waals surface area (Å²) in [7, 11) is 2.84. The minimum absolute atomic E-state index is 0.172. The van der Waals surface area contributed by atoms with Crippen molar-refractivity contribution in [3.63, 3.8) is 0 Å². The van der Waals surface area contributed by atoms with E-state index in [1.807, 2.05) is 0 Å². The van der Waals surface area contributed by atoms with Crippen LogP contribution in [0.25, 0.3) is 44.3 Å². The minimum Gasteiger partial charge on any atom is -0.494 e. The highest BCUT2D eigenvalue weighted by Crippen LogP contribution is 2.31. The van der Waals surface area contributed by atoms with E-state index in [2.05, 4.69) is 19.9 Å². The second kappa shape index (κ2) is 9.11. The summed E-state index contributed by atoms with van der Waals surface area (Å²) in [6.07, 6.45) is 2.90. The van der Waals surface area contributed by atoms with Gasteiger partial charge in [0.1, 0.15) is 23.0 Å². The van der Waals surface area contributed by atoms with Gasteiger partial charge in [0.15, 0.2) is 23.1 Å². The predicted molar refractivity (Wildman–Crippen MR) is 140 cm³/mol. The van der Waals surface area contributed by atoms with Gasteiger partial charge in [-0.25, -0.2) is 18.7 Å². The van der Waals surface area contributed by atoms with Crippen LogP contribution in [0.15, 0.2) is 73.1 Å². The lowest BCUT2D eigenvalue weighted by Gasteiger charge is -2.06. The van der Waals surface area contributed by atoms with E-state index >= 15 is 0 Å². The lowest BCUT2D eigenvalue weighted by molar-refractivity contribution is 0.103. The third kappa shape index (κ3) is 3.85. The zero-order valence-corrected chi connectivity index (χ0v) is 20.3. The van der Waals surface area contributed by atoms with Gasteiger partial charge in [-0.05, 0) is 35.0 Å². The number of nitrogens with one attached hydrogen (secondary N) is 2. The van der Waals surface area contributed by atoms with Crippen molar-refractivity contribution in [3.8, 4) is 34.3 Å². The van der Waals surface area contributed by atoms with Crippen LogP contribution >= 0.6 is 0 Å². The molecule has 2 aromatic heterocycles. The molecule has 0 aliphatic heterocycles. The number of aromatic nitrogens is 4. The fraction of sp³-hybridized carbons (Fsp3) is 0.0690. The van der Waals surface area contributed by atoms with Crippen LogP contribution in [0, 0.1) is 11.6 Å². The maximum atomic E-state index is 14.5. The van der Waals surface area contributed by atoms with Crippen LogP contribution in [-0.2, 0) is 0 Å². The van der Waals surface area contributed by atoms with Crippen LogP contribution in [0.4, 0.5) is 8.78 Å². The van der Waals surface area contributed by atoms with E-state index in [-0.39, 0.29) is 28.7 Å². The van der Waals surface area contributed by atoms with Gasteiger partial charge in [-0.15, -0.1) is 0 Å². The largest absolute Gasteiger partial charge is 0.494 e. The molecule has 4 aromatic carbocycles. The SMILES string of the molecule is COc1ccc2cc(-c3ncc(C(=O)c4cnc(-c5ccc6c(F)c(OC)ccc6c5)[nH]4)[nH]3)ccc2c1F. The number of fused-ring (bicyclic) bond motifs is 2. The van der Waals surface area contributed by atoms with E-state index < -0.39 is 11.6 Å². The molecule has 0 atom stereocenters. The van der Waals surface area contributed by atoms with E-state index in [9.17, 15) is 13.6 Å². The first-order valence-corrected chi connectivity index (χ1v) is 11.6. The number of aromatic amines is 2. The Kier molecular flexibility index (Phi) is 5.60. The fourth-order valence-corrected chi connectivity index (χ4v) is 4.47. The Balaban J connectivity index is 1.27. The molecule has 0 aliphatic carbocycles. The first kappa shape index (κ1) is 23.4. The molecule has 0 saturated carbocycles. The molecule has 0 amide bonds. The molecule has 0 fully saturated rings. The molecule has 0 aliphatic rings. The quantitative estimate of drug-likeness (QED) is 0.257. The van der Waals surface area contributed by atoms with E-state index in [0.29, 0.717) is 44.3 Å². The number of benzene rings is 4. The van der Waals surface area contributed by atoms with Crippen LogP contribution in [0.2, 0.25) is 0 Å². The standard InChI is InChI=1S/C29H20F2N4O3/c1-37-23-9-5-15-11-17(3-7-19(15)25(23)30)28-32-13-21(34-28)27(36)22-14-33-29(35-22)18-4-8-20-16(12-18)6-10-24(38-2)26(20)31/h3-14H,1-2H3,(H,32,34)(H,33,35). The Morgan fingerprint density at radius 1 is 0.684 bits per heavy atom. The summed E-state index contributed by atoms with van der Waals surface area (Å²) < 4.78 is 39.1. The average molecular weight is 511 g/mol. The number of hydrogen-bond donors (Lipinski definition) is 2. The topological polar surface area (TPSA) is 92.9 Å². The van der Waals surface area contributed by atoms with Crippen LogP contribution in [0.1, 0.15) is 16.2 Å². The van der Waals surface area contributed by atoms with Gasteiger partial charge in [-0.3, -0.25) is 4.79 Å². The van der Waals surface area contributed by atoms with Gasteiger partial charge in [0, 0.05) is 21.9 Å². The van der Waals surface area contributed by atoms with E-state index in [1.54, 1.807) is 60.7 Å². The summed E-state index contributed by atoms with van der Waals surface area (Å²) in [5.74, 6) is 0.0979. The number of nitrogens with zero attached hydrogens (tertiary/aromatic N) is 2. The number of carbonyl (C=O) groups is 1. The monoisotopic (exact) mass is 510 g/mol. The molecule has 0 radical (unpaired) electrons. The van der Waals surface area contributed by atoms with Crippen LogP contribution in [0.3, 0.4) is 0 Å². The fourth-order valence-electron chi connectivity index (χ4n) is 4.47. The number of ketones is 1. The number of hydrogen-bond acceptors (Lipinski definition) is 5. The summed E-state index contributed by atoms with van der Waals surface area (Å²) in [6, 6.07) is 17.0. The van der Waals surface area contributed by atoms with Gasteiger partial charge in [0.05, 0.1) is 26.6 Å². The molecule has 188 valence electrons. The summed E-state index contributed by atoms with van der Waals surface area (Å²) in [4.78, 5) is 27.9. The summed E-state index contributed by atoms with van der Waals surface area (Å²) in [6.45, 7) is 0. The molecule has 6 aromatic rings. The normalized spacial score (nSPS) is 11.3. The smallest absolute Gasteiger partial charge is 0.228 e. The lowest BCUT2D eigenvalue weighted by atomic mass is 10.1. The number of H-pyrrole nitrogens is 2. The van der Waals surface area contributed by atoms with Crippen molar-refractivity contribution >= 4 is 27.3 Å². The molecule has 2 N–H and O–H groups in total. The lowest BCUT2D eigenvalue weighted by Crippen LogP contribution is -2.02. The molecule has 0 saturated heterocycles. The van der Waals surface area contributed by atoms with Crippen molar-refractivity contribution in [2.24, 2.45) is 0 Å². The molecule has 7 nitrogen and oxygen atoms in total. The highest BCUT2D eigenvalue weighted by molar-refractivity contribution is 6.06. The van der Waals surface area contributed by atoms with Crippen molar-refractivity contribution < 1.29 is 23.0 Å². The summed E-state index contributed by atoms with van der Waals surface area (Å²) in [5, 5.41) is 2.21. The number of carbonyl (C=O) groups excluding carboxylic acids is 1. The Bertz CT molecular complexity index is 1720. The van der Waals surface area contributed by atoms with Gasteiger partial charge in [0.25, 0.3) is 0 Å². The second-order valence-electron chi connectivity index (χ2n) is 8.66. The third-order valence-electron chi connectivity index (χ3n) is 6.46. The maximum absolute atomic E-state index is 14.5. The second-order valence-corrected chi connectivity index (χ2v) is 8.66. The third-order valence-corrected chi connectivity index (χ3v) is 6.46. The van der Waals surface area contributed by atoms with E-state index in [0.717, 1.165) is 0 Å². The Morgan fingerprint density at radius 3 is 1.55 bits per heavy atom. The average Bonchev–Trinajstić information content (AvgIpc) is 3.64. The molecule has 9 heteroatoms. The van der Waals surface area contributed by atoms with Crippen molar-refractivity contribution in [1.29, 1.82) is 0 Å². The molecule has 6 rings (SSSR count). The minimum atomic E-state index is -0.432. The van der Waals surface area contributed by atoms with Crippen LogP contribution in [-0.4, -0.2) is 39.9 Å². The Hall–Kier alpha value is -5.05. The van der Waals surface area contributed by atoms with Gasteiger partial charge in [0.2, 0.25) is 5.78 Å². The van der Waals surface area contributed by atoms with Crippen molar-refractivity contribution in [1.82, 2.24) is 19.9 Å². The number of halogens is 2. The van der Waals surface area contributed by atoms with Crippen molar-refractivity contribution in [3.05, 3.63) is 96.1 Å². The number of rotatable bonds is 6. The molecule has 0 spiro atoms. The van der Waals surface area contributed by atoms with Gasteiger partial charge in [-0.2, -0.15) is 0 Å². The van der Waals surface area contributed by atoms with Crippen molar-refractivity contribution in [2.75, 3.05) is 14.2 Å². The molecule has 38 heavy (non-hydrogen) atoms. The van der Waals surface area contributed by atoms with E-state index in [4.69, 9.17) is 9.47 Å². The first-order valence-electron chi connectivity index (χ1n) is 11.6. The van der Waals surface area contributed by atoms with Gasteiger partial charge < -0.3 is 19.4 Å². The summed E-state index contributed by atoms with van der Waals surface area (Å²) in [5.41, 5.74) is 1.94. The zero-order chi connectivity index (χ0) is 26.4. The van der Waals surface area contributed by atoms with E-state index in [1.165, 1.54) is 26.6 Å². The predicted octanol–water partition coefficient (Wildman–Crippen LogP) is 6.30. The number of methoxy groups -OCH3 is 2. The van der Waals surface area contributed by atoms with Crippen LogP contribution < -0.4 is 9.47 Å². The molecule has 0 unspecified atom stereocenters. The Morgan fingerprint density at radius 2 is 1.13 bits per heavy atom. The van der Waals surface area contributed by atoms with Gasteiger partial charge in [-0.1, -0.05) is 36.4 Å². The molecular weight excluding hydrogens is 490 g/mol.